The molecular weight excluding hydrogens is 214 g/mol. The SMILES string of the molecule is CC(C)(O)CNC1CCCc2ccc(O)cc21. The third-order valence-corrected chi connectivity index (χ3v) is 3.22. The molecule has 3 N–H and O–H groups in total. The predicted octanol–water partition coefficient (Wildman–Crippen LogP) is 2.13. The normalized spacial score (nSPS) is 20.1. The summed E-state index contributed by atoms with van der Waals surface area (Å²) in [5.74, 6) is 0.320. The van der Waals surface area contributed by atoms with E-state index in [0.29, 0.717) is 12.3 Å². The zero-order chi connectivity index (χ0) is 12.5. The van der Waals surface area contributed by atoms with Crippen molar-refractivity contribution in [3.05, 3.63) is 29.3 Å². The standard InChI is InChI=1S/C14H21NO2/c1-14(2,17)9-15-13-5-3-4-10-6-7-11(16)8-12(10)13/h6-8,13,15-17H,3-5,9H2,1-2H3. The Morgan fingerprint density at radius 1 is 1.41 bits per heavy atom. The lowest BCUT2D eigenvalue weighted by atomic mass is 9.87. The summed E-state index contributed by atoms with van der Waals surface area (Å²) in [6.45, 7) is 4.16. The van der Waals surface area contributed by atoms with E-state index in [0.717, 1.165) is 19.3 Å². The average molecular weight is 235 g/mol. The number of hydrogen-bond donors (Lipinski definition) is 3. The van der Waals surface area contributed by atoms with Crippen LogP contribution in [0.2, 0.25) is 0 Å². The Bertz CT molecular complexity index is 396. The minimum atomic E-state index is -0.700. The largest absolute Gasteiger partial charge is 0.508 e. The molecular formula is C14H21NO2. The fourth-order valence-corrected chi connectivity index (χ4v) is 2.37. The molecule has 1 atom stereocenters. The van der Waals surface area contributed by atoms with Crippen molar-refractivity contribution < 1.29 is 10.2 Å². The van der Waals surface area contributed by atoms with Gasteiger partial charge in [-0.25, -0.2) is 0 Å². The van der Waals surface area contributed by atoms with E-state index >= 15 is 0 Å². The number of aromatic hydroxyl groups is 1. The second kappa shape index (κ2) is 4.67. The number of phenols is 1. The highest BCUT2D eigenvalue weighted by Crippen LogP contribution is 2.32. The average Bonchev–Trinajstić information content (AvgIpc) is 2.25. The maximum atomic E-state index is 9.74. The van der Waals surface area contributed by atoms with Crippen LogP contribution in [0.4, 0.5) is 0 Å². The van der Waals surface area contributed by atoms with Gasteiger partial charge in [0.25, 0.3) is 0 Å². The van der Waals surface area contributed by atoms with Crippen LogP contribution in [0.3, 0.4) is 0 Å². The Morgan fingerprint density at radius 2 is 2.18 bits per heavy atom. The van der Waals surface area contributed by atoms with Crippen molar-refractivity contribution in [2.75, 3.05) is 6.54 Å². The van der Waals surface area contributed by atoms with Gasteiger partial charge < -0.3 is 15.5 Å². The molecule has 0 saturated heterocycles. The molecule has 3 heteroatoms. The van der Waals surface area contributed by atoms with Crippen LogP contribution in [0, 0.1) is 0 Å². The van der Waals surface area contributed by atoms with Gasteiger partial charge in [0, 0.05) is 12.6 Å². The van der Waals surface area contributed by atoms with Gasteiger partial charge in [-0.05, 0) is 56.4 Å². The highest BCUT2D eigenvalue weighted by atomic mass is 16.3. The zero-order valence-corrected chi connectivity index (χ0v) is 10.5. The van der Waals surface area contributed by atoms with Gasteiger partial charge in [-0.2, -0.15) is 0 Å². The molecule has 1 aliphatic rings. The van der Waals surface area contributed by atoms with Gasteiger partial charge in [0.15, 0.2) is 0 Å². The topological polar surface area (TPSA) is 52.5 Å². The van der Waals surface area contributed by atoms with E-state index in [9.17, 15) is 10.2 Å². The number of hydrogen-bond acceptors (Lipinski definition) is 3. The minimum Gasteiger partial charge on any atom is -0.508 e. The van der Waals surface area contributed by atoms with Crippen molar-refractivity contribution >= 4 is 0 Å². The predicted molar refractivity (Wildman–Crippen MR) is 68.1 cm³/mol. The van der Waals surface area contributed by atoms with E-state index in [1.807, 2.05) is 12.1 Å². The summed E-state index contributed by atoms with van der Waals surface area (Å²) in [6, 6.07) is 5.84. The number of benzene rings is 1. The van der Waals surface area contributed by atoms with Crippen molar-refractivity contribution in [1.29, 1.82) is 0 Å². The highest BCUT2D eigenvalue weighted by Gasteiger charge is 2.22. The van der Waals surface area contributed by atoms with E-state index in [1.54, 1.807) is 19.9 Å². The van der Waals surface area contributed by atoms with Crippen molar-refractivity contribution in [2.24, 2.45) is 0 Å². The molecule has 17 heavy (non-hydrogen) atoms. The van der Waals surface area contributed by atoms with Crippen molar-refractivity contribution in [3.8, 4) is 5.75 Å². The molecule has 0 amide bonds. The maximum Gasteiger partial charge on any atom is 0.115 e. The monoisotopic (exact) mass is 235 g/mol. The minimum absolute atomic E-state index is 0.247. The summed E-state index contributed by atoms with van der Waals surface area (Å²) in [7, 11) is 0. The fourth-order valence-electron chi connectivity index (χ4n) is 2.37. The van der Waals surface area contributed by atoms with Crippen LogP contribution in [0.15, 0.2) is 18.2 Å². The number of rotatable bonds is 3. The Balaban J connectivity index is 2.14. The van der Waals surface area contributed by atoms with Crippen molar-refractivity contribution in [1.82, 2.24) is 5.32 Å². The second-order valence-corrected chi connectivity index (χ2v) is 5.52. The highest BCUT2D eigenvalue weighted by molar-refractivity contribution is 5.38. The molecule has 3 nitrogen and oxygen atoms in total. The van der Waals surface area contributed by atoms with Gasteiger partial charge in [0.1, 0.15) is 5.75 Å². The fraction of sp³-hybridized carbons (Fsp3) is 0.571. The molecule has 1 aromatic rings. The van der Waals surface area contributed by atoms with Crippen LogP contribution < -0.4 is 5.32 Å². The van der Waals surface area contributed by atoms with E-state index in [-0.39, 0.29) is 6.04 Å². The van der Waals surface area contributed by atoms with Gasteiger partial charge in [0.05, 0.1) is 5.60 Å². The van der Waals surface area contributed by atoms with Crippen LogP contribution in [0.1, 0.15) is 43.9 Å². The molecule has 2 rings (SSSR count). The van der Waals surface area contributed by atoms with Crippen LogP contribution in [-0.2, 0) is 6.42 Å². The van der Waals surface area contributed by atoms with Crippen molar-refractivity contribution in [3.63, 3.8) is 0 Å². The first-order valence-corrected chi connectivity index (χ1v) is 6.23. The number of phenolic OH excluding ortho intramolecular Hbond substituents is 1. The van der Waals surface area contributed by atoms with Gasteiger partial charge >= 0.3 is 0 Å². The molecule has 0 bridgehead atoms. The lowest BCUT2D eigenvalue weighted by Gasteiger charge is -2.29. The Kier molecular flexibility index (Phi) is 3.40. The first-order chi connectivity index (χ1) is 7.96. The number of fused-ring (bicyclic) bond motifs is 1. The summed E-state index contributed by atoms with van der Waals surface area (Å²) in [5.41, 5.74) is 1.79. The molecule has 0 fully saturated rings. The van der Waals surface area contributed by atoms with E-state index in [2.05, 4.69) is 5.32 Å². The summed E-state index contributed by atoms with van der Waals surface area (Å²) < 4.78 is 0. The van der Waals surface area contributed by atoms with Crippen LogP contribution >= 0.6 is 0 Å². The molecule has 1 aromatic carbocycles. The van der Waals surface area contributed by atoms with E-state index in [1.165, 1.54) is 11.1 Å². The van der Waals surface area contributed by atoms with Crippen LogP contribution in [0.25, 0.3) is 0 Å². The smallest absolute Gasteiger partial charge is 0.115 e. The summed E-state index contributed by atoms with van der Waals surface area (Å²) in [5, 5.41) is 22.7. The molecule has 0 aromatic heterocycles. The molecule has 0 aliphatic heterocycles. The van der Waals surface area contributed by atoms with Crippen LogP contribution in [-0.4, -0.2) is 22.4 Å². The van der Waals surface area contributed by atoms with Gasteiger partial charge in [-0.15, -0.1) is 0 Å². The second-order valence-electron chi connectivity index (χ2n) is 5.52. The zero-order valence-electron chi connectivity index (χ0n) is 10.5. The summed E-state index contributed by atoms with van der Waals surface area (Å²) >= 11 is 0. The van der Waals surface area contributed by atoms with Crippen LogP contribution in [0.5, 0.6) is 5.75 Å². The molecule has 0 spiro atoms. The third kappa shape index (κ3) is 3.20. The number of aliphatic hydroxyl groups is 1. The number of nitrogens with one attached hydrogen (secondary N) is 1. The Hall–Kier alpha value is -1.06. The molecule has 94 valence electrons. The first kappa shape index (κ1) is 12.4. The Labute approximate surface area is 102 Å². The first-order valence-electron chi connectivity index (χ1n) is 6.23. The molecule has 1 aliphatic carbocycles. The van der Waals surface area contributed by atoms with Crippen molar-refractivity contribution in [2.45, 2.75) is 44.8 Å². The molecule has 0 saturated carbocycles. The van der Waals surface area contributed by atoms with Gasteiger partial charge in [0.2, 0.25) is 0 Å². The summed E-state index contributed by atoms with van der Waals surface area (Å²) in [4.78, 5) is 0. The Morgan fingerprint density at radius 3 is 2.88 bits per heavy atom. The van der Waals surface area contributed by atoms with E-state index in [4.69, 9.17) is 0 Å². The van der Waals surface area contributed by atoms with Gasteiger partial charge in [-0.1, -0.05) is 6.07 Å². The quantitative estimate of drug-likeness (QED) is 0.752. The number of aryl methyl sites for hydroxylation is 1. The molecule has 0 heterocycles. The molecule has 1 unspecified atom stereocenters. The summed E-state index contributed by atoms with van der Waals surface area (Å²) in [6.07, 6.45) is 3.30. The molecule has 0 radical (unpaired) electrons. The maximum absolute atomic E-state index is 9.74. The third-order valence-electron chi connectivity index (χ3n) is 3.22. The lowest BCUT2D eigenvalue weighted by Crippen LogP contribution is -2.37. The van der Waals surface area contributed by atoms with Gasteiger partial charge in [-0.3, -0.25) is 0 Å². The lowest BCUT2D eigenvalue weighted by molar-refractivity contribution is 0.0756. The van der Waals surface area contributed by atoms with E-state index < -0.39 is 5.60 Å².